The van der Waals surface area contributed by atoms with Crippen LogP contribution in [-0.2, 0) is 24.3 Å². The first-order valence-electron chi connectivity index (χ1n) is 9.02. The van der Waals surface area contributed by atoms with E-state index in [0.29, 0.717) is 12.1 Å². The molecule has 7 nitrogen and oxygen atoms in total. The summed E-state index contributed by atoms with van der Waals surface area (Å²) in [5, 5.41) is 14.0. The van der Waals surface area contributed by atoms with Gasteiger partial charge >= 0.3 is 0 Å². The first-order valence-corrected chi connectivity index (χ1v) is 9.02. The lowest BCUT2D eigenvalue weighted by atomic mass is 10.0. The second-order valence-electron chi connectivity index (χ2n) is 7.07. The molecule has 3 rings (SSSR count). The van der Waals surface area contributed by atoms with Crippen LogP contribution in [0.3, 0.4) is 0 Å². The number of carbonyl (C=O) groups excluding carboxylic acids is 2. The summed E-state index contributed by atoms with van der Waals surface area (Å²) >= 11 is 0. The van der Waals surface area contributed by atoms with E-state index in [4.69, 9.17) is 0 Å². The van der Waals surface area contributed by atoms with Crippen LogP contribution in [0.5, 0.6) is 0 Å². The van der Waals surface area contributed by atoms with Gasteiger partial charge < -0.3 is 15.2 Å². The van der Waals surface area contributed by atoms with E-state index in [0.717, 1.165) is 36.6 Å². The molecule has 138 valence electrons. The van der Waals surface area contributed by atoms with E-state index >= 15 is 0 Å². The van der Waals surface area contributed by atoms with E-state index in [-0.39, 0.29) is 17.7 Å². The molecule has 1 unspecified atom stereocenters. The molecule has 2 N–H and O–H groups in total. The van der Waals surface area contributed by atoms with Crippen molar-refractivity contribution in [1.82, 2.24) is 25.4 Å². The number of amides is 2. The molecule has 0 spiro atoms. The molecule has 0 fully saturated rings. The summed E-state index contributed by atoms with van der Waals surface area (Å²) < 4.78 is 2.05. The maximum Gasteiger partial charge on any atom is 0.251 e. The maximum atomic E-state index is 12.6. The lowest BCUT2D eigenvalue weighted by Crippen LogP contribution is -2.49. The Kier molecular flexibility index (Phi) is 5.35. The van der Waals surface area contributed by atoms with E-state index in [1.807, 2.05) is 32.9 Å². The van der Waals surface area contributed by atoms with Gasteiger partial charge in [0.1, 0.15) is 11.9 Å². The molecule has 0 saturated heterocycles. The minimum absolute atomic E-state index is 0.0338. The van der Waals surface area contributed by atoms with Crippen LogP contribution in [0.2, 0.25) is 0 Å². The Morgan fingerprint density at radius 3 is 2.62 bits per heavy atom. The van der Waals surface area contributed by atoms with Crippen molar-refractivity contribution < 1.29 is 9.59 Å². The minimum atomic E-state index is -0.607. The number of fused-ring (bicyclic) bond motifs is 1. The summed E-state index contributed by atoms with van der Waals surface area (Å²) in [6, 6.07) is 6.68. The summed E-state index contributed by atoms with van der Waals surface area (Å²) in [6.07, 6.45) is 2.00. The Morgan fingerprint density at radius 1 is 1.19 bits per heavy atom. The number of benzene rings is 1. The quantitative estimate of drug-likeness (QED) is 0.824. The van der Waals surface area contributed by atoms with Gasteiger partial charge in [0, 0.05) is 18.5 Å². The zero-order valence-electron chi connectivity index (χ0n) is 15.5. The monoisotopic (exact) mass is 355 g/mol. The third-order valence-electron chi connectivity index (χ3n) is 4.66. The first kappa shape index (κ1) is 18.1. The zero-order chi connectivity index (χ0) is 18.7. The molecule has 2 heterocycles. The highest BCUT2D eigenvalue weighted by Crippen LogP contribution is 2.14. The van der Waals surface area contributed by atoms with Gasteiger partial charge in [0.15, 0.2) is 5.82 Å². The molecular formula is C19H25N5O2. The summed E-state index contributed by atoms with van der Waals surface area (Å²) in [5.41, 5.74) is 1.63. The Bertz CT molecular complexity index is 795. The standard InChI is InChI=1S/C19H25N5O2/c1-12(2)17(21-18(25)14-8-6-13(3)7-9-14)19(26)20-11-16-23-22-15-5-4-10-24(15)16/h6-9,12,17H,4-5,10-11H2,1-3H3,(H,20,26)(H,21,25). The van der Waals surface area contributed by atoms with E-state index in [1.54, 1.807) is 12.1 Å². The van der Waals surface area contributed by atoms with Gasteiger partial charge in [-0.2, -0.15) is 0 Å². The van der Waals surface area contributed by atoms with Gasteiger partial charge in [-0.15, -0.1) is 10.2 Å². The van der Waals surface area contributed by atoms with Crippen molar-refractivity contribution in [3.05, 3.63) is 47.0 Å². The number of nitrogens with zero attached hydrogens (tertiary/aromatic N) is 3. The molecule has 1 aromatic heterocycles. The maximum absolute atomic E-state index is 12.6. The average molecular weight is 355 g/mol. The van der Waals surface area contributed by atoms with Crippen molar-refractivity contribution in [2.24, 2.45) is 5.92 Å². The lowest BCUT2D eigenvalue weighted by Gasteiger charge is -2.21. The fraction of sp³-hybridized carbons (Fsp3) is 0.474. The Morgan fingerprint density at radius 2 is 1.92 bits per heavy atom. The number of hydrogen-bond donors (Lipinski definition) is 2. The van der Waals surface area contributed by atoms with E-state index in [2.05, 4.69) is 25.4 Å². The van der Waals surface area contributed by atoms with Crippen LogP contribution >= 0.6 is 0 Å². The number of nitrogens with one attached hydrogen (secondary N) is 2. The predicted molar refractivity (Wildman–Crippen MR) is 97.5 cm³/mol. The number of aryl methyl sites for hydroxylation is 2. The first-order chi connectivity index (χ1) is 12.5. The summed E-state index contributed by atoms with van der Waals surface area (Å²) in [5.74, 6) is 1.24. The molecule has 0 aliphatic carbocycles. The summed E-state index contributed by atoms with van der Waals surface area (Å²) in [7, 11) is 0. The summed E-state index contributed by atoms with van der Waals surface area (Å²) in [6.45, 7) is 7.00. The highest BCUT2D eigenvalue weighted by molar-refractivity contribution is 5.97. The van der Waals surface area contributed by atoms with Crippen LogP contribution < -0.4 is 10.6 Å². The fourth-order valence-electron chi connectivity index (χ4n) is 3.08. The Labute approximate surface area is 153 Å². The van der Waals surface area contributed by atoms with Crippen molar-refractivity contribution in [3.8, 4) is 0 Å². The van der Waals surface area contributed by atoms with Crippen molar-refractivity contribution in [2.75, 3.05) is 0 Å². The zero-order valence-corrected chi connectivity index (χ0v) is 15.5. The molecule has 1 aromatic carbocycles. The van der Waals surface area contributed by atoms with Crippen molar-refractivity contribution in [3.63, 3.8) is 0 Å². The van der Waals surface area contributed by atoms with E-state index < -0.39 is 6.04 Å². The lowest BCUT2D eigenvalue weighted by molar-refractivity contribution is -0.124. The molecule has 26 heavy (non-hydrogen) atoms. The highest BCUT2D eigenvalue weighted by atomic mass is 16.2. The second-order valence-corrected chi connectivity index (χ2v) is 7.07. The largest absolute Gasteiger partial charge is 0.347 e. The van der Waals surface area contributed by atoms with Gasteiger partial charge in [0.25, 0.3) is 5.91 Å². The van der Waals surface area contributed by atoms with Crippen molar-refractivity contribution in [2.45, 2.75) is 52.7 Å². The van der Waals surface area contributed by atoms with Gasteiger partial charge in [-0.1, -0.05) is 31.5 Å². The number of carbonyl (C=O) groups is 2. The van der Waals surface area contributed by atoms with Gasteiger partial charge in [-0.3, -0.25) is 9.59 Å². The topological polar surface area (TPSA) is 88.9 Å². The van der Waals surface area contributed by atoms with Crippen LogP contribution in [0.25, 0.3) is 0 Å². The molecule has 1 aliphatic heterocycles. The van der Waals surface area contributed by atoms with Crippen LogP contribution in [0, 0.1) is 12.8 Å². The minimum Gasteiger partial charge on any atom is -0.347 e. The Balaban J connectivity index is 1.62. The van der Waals surface area contributed by atoms with Gasteiger partial charge in [-0.05, 0) is 31.4 Å². The predicted octanol–water partition coefficient (Wildman–Crippen LogP) is 1.60. The van der Waals surface area contributed by atoms with E-state index in [9.17, 15) is 9.59 Å². The smallest absolute Gasteiger partial charge is 0.251 e. The second kappa shape index (κ2) is 7.68. The van der Waals surface area contributed by atoms with Crippen molar-refractivity contribution in [1.29, 1.82) is 0 Å². The normalized spacial score (nSPS) is 14.2. The molecule has 0 saturated carbocycles. The van der Waals surface area contributed by atoms with Gasteiger partial charge in [0.2, 0.25) is 5.91 Å². The summed E-state index contributed by atoms with van der Waals surface area (Å²) in [4.78, 5) is 25.1. The number of aromatic nitrogens is 3. The SMILES string of the molecule is Cc1ccc(C(=O)NC(C(=O)NCc2nnc3n2CCC3)C(C)C)cc1. The molecular weight excluding hydrogens is 330 g/mol. The highest BCUT2D eigenvalue weighted by Gasteiger charge is 2.25. The Hall–Kier alpha value is -2.70. The van der Waals surface area contributed by atoms with Gasteiger partial charge in [-0.25, -0.2) is 0 Å². The van der Waals surface area contributed by atoms with Crippen LogP contribution in [0.15, 0.2) is 24.3 Å². The molecule has 1 atom stereocenters. The molecule has 2 aromatic rings. The third-order valence-corrected chi connectivity index (χ3v) is 4.66. The molecule has 0 radical (unpaired) electrons. The van der Waals surface area contributed by atoms with Gasteiger partial charge in [0.05, 0.1) is 6.54 Å². The number of hydrogen-bond acceptors (Lipinski definition) is 4. The van der Waals surface area contributed by atoms with E-state index in [1.165, 1.54) is 0 Å². The van der Waals surface area contributed by atoms with Crippen LogP contribution in [0.1, 0.15) is 47.8 Å². The average Bonchev–Trinajstić information content (AvgIpc) is 3.21. The molecule has 7 heteroatoms. The fourth-order valence-corrected chi connectivity index (χ4v) is 3.08. The third kappa shape index (κ3) is 3.92. The molecule has 0 bridgehead atoms. The molecule has 1 aliphatic rings. The van der Waals surface area contributed by atoms with Crippen LogP contribution in [-0.4, -0.2) is 32.6 Å². The van der Waals surface area contributed by atoms with Crippen LogP contribution in [0.4, 0.5) is 0 Å². The molecule has 2 amide bonds. The van der Waals surface area contributed by atoms with Crippen molar-refractivity contribution >= 4 is 11.8 Å². The number of rotatable bonds is 6.